The van der Waals surface area contributed by atoms with Crippen molar-refractivity contribution < 1.29 is 9.59 Å². The standard InChI is InChI=1S/C3H7N2O2PS/c6-2(1-9)4-5-3(7)8/h9H,1,8H2,(H,4,6)(H,5,7). The van der Waals surface area contributed by atoms with Crippen LogP contribution in [0, 0.1) is 0 Å². The van der Waals surface area contributed by atoms with E-state index in [0.29, 0.717) is 0 Å². The molecule has 0 heterocycles. The molecule has 0 saturated heterocycles. The lowest BCUT2D eigenvalue weighted by Crippen LogP contribution is -2.39. The number of thiol groups is 1. The van der Waals surface area contributed by atoms with Crippen LogP contribution in [0.25, 0.3) is 0 Å². The van der Waals surface area contributed by atoms with E-state index in [4.69, 9.17) is 0 Å². The summed E-state index contributed by atoms with van der Waals surface area (Å²) in [5.74, 6) is -0.278. The lowest BCUT2D eigenvalue weighted by molar-refractivity contribution is -0.119. The Morgan fingerprint density at radius 1 is 1.44 bits per heavy atom. The quantitative estimate of drug-likeness (QED) is 0.280. The van der Waals surface area contributed by atoms with Gasteiger partial charge in [0.15, 0.2) is 0 Å². The molecule has 0 aliphatic rings. The summed E-state index contributed by atoms with van der Waals surface area (Å²) in [5, 5.41) is 0. The number of carbonyl (C=O) groups is 2. The van der Waals surface area contributed by atoms with Gasteiger partial charge in [-0.05, 0) is 9.24 Å². The highest BCUT2D eigenvalue weighted by Gasteiger charge is 1.94. The van der Waals surface area contributed by atoms with Crippen LogP contribution in [0.5, 0.6) is 0 Å². The topological polar surface area (TPSA) is 58.2 Å². The predicted molar refractivity (Wildman–Crippen MR) is 40.2 cm³/mol. The summed E-state index contributed by atoms with van der Waals surface area (Å²) in [7, 11) is 1.85. The number of hydrazine groups is 1. The number of hydrogen-bond donors (Lipinski definition) is 3. The van der Waals surface area contributed by atoms with Crippen molar-refractivity contribution in [3.8, 4) is 0 Å². The highest BCUT2D eigenvalue weighted by molar-refractivity contribution is 7.81. The second-order valence-corrected chi connectivity index (χ2v) is 2.04. The van der Waals surface area contributed by atoms with Crippen molar-refractivity contribution in [2.24, 2.45) is 0 Å². The Morgan fingerprint density at radius 3 is 2.33 bits per heavy atom. The minimum atomic E-state index is -0.384. The molecule has 0 aromatic rings. The van der Waals surface area contributed by atoms with Crippen LogP contribution in [0.2, 0.25) is 0 Å². The molecule has 6 heteroatoms. The number of rotatable bonds is 1. The molecule has 0 saturated carbocycles. The molecule has 2 amide bonds. The first-order valence-corrected chi connectivity index (χ1v) is 3.33. The highest BCUT2D eigenvalue weighted by Crippen LogP contribution is 1.78. The number of carbonyl (C=O) groups excluding carboxylic acids is 2. The zero-order valence-corrected chi connectivity index (χ0v) is 6.60. The molecule has 0 aromatic carbocycles. The zero-order valence-electron chi connectivity index (χ0n) is 4.55. The summed E-state index contributed by atoms with van der Waals surface area (Å²) in [6, 6.07) is 0. The van der Waals surface area contributed by atoms with Gasteiger partial charge in [-0.2, -0.15) is 12.6 Å². The Hall–Kier alpha value is -0.280. The fourth-order valence-corrected chi connectivity index (χ4v) is 0.322. The Labute approximate surface area is 60.3 Å². The first kappa shape index (κ1) is 8.72. The van der Waals surface area contributed by atoms with Crippen molar-refractivity contribution >= 4 is 33.4 Å². The predicted octanol–water partition coefficient (Wildman–Crippen LogP) is -0.468. The monoisotopic (exact) mass is 166 g/mol. The molecular weight excluding hydrogens is 159 g/mol. The van der Waals surface area contributed by atoms with E-state index in [2.05, 4.69) is 23.5 Å². The van der Waals surface area contributed by atoms with E-state index >= 15 is 0 Å². The maximum absolute atomic E-state index is 10.3. The van der Waals surface area contributed by atoms with E-state index in [9.17, 15) is 9.59 Å². The lowest BCUT2D eigenvalue weighted by atomic mass is 10.7. The molecule has 0 fully saturated rings. The summed E-state index contributed by atoms with van der Waals surface area (Å²) in [4.78, 5) is 20.4. The third-order valence-corrected chi connectivity index (χ3v) is 0.900. The van der Waals surface area contributed by atoms with Gasteiger partial charge in [-0.1, -0.05) is 0 Å². The van der Waals surface area contributed by atoms with Crippen molar-refractivity contribution in [2.75, 3.05) is 5.75 Å². The molecule has 0 radical (unpaired) electrons. The third kappa shape index (κ3) is 5.59. The molecule has 0 aromatic heterocycles. The largest absolute Gasteiger partial charge is 0.272 e. The fourth-order valence-electron chi connectivity index (χ4n) is 0.171. The van der Waals surface area contributed by atoms with Gasteiger partial charge in [0.1, 0.15) is 0 Å². The van der Waals surface area contributed by atoms with Gasteiger partial charge in [0.05, 0.1) is 5.75 Å². The van der Waals surface area contributed by atoms with Crippen LogP contribution >= 0.6 is 21.9 Å². The summed E-state index contributed by atoms with van der Waals surface area (Å²) in [5.41, 5.74) is 3.78. The normalized spacial score (nSPS) is 8.22. The smallest absolute Gasteiger partial charge is 0.253 e. The number of nitrogens with one attached hydrogen (secondary N) is 2. The van der Waals surface area contributed by atoms with Gasteiger partial charge >= 0.3 is 0 Å². The third-order valence-electron chi connectivity index (χ3n) is 0.469. The van der Waals surface area contributed by atoms with Crippen molar-refractivity contribution in [2.45, 2.75) is 0 Å². The summed E-state index contributed by atoms with van der Waals surface area (Å²) < 4.78 is 0. The molecular formula is C3H7N2O2PS. The van der Waals surface area contributed by atoms with Crippen LogP contribution in [-0.2, 0) is 4.79 Å². The SMILES string of the molecule is O=C(P)NNC(=O)CS. The minimum absolute atomic E-state index is 0.0605. The second kappa shape index (κ2) is 4.58. The van der Waals surface area contributed by atoms with Gasteiger partial charge in [0.2, 0.25) is 5.91 Å². The van der Waals surface area contributed by atoms with Gasteiger partial charge in [-0.15, -0.1) is 0 Å². The van der Waals surface area contributed by atoms with Crippen LogP contribution < -0.4 is 10.9 Å². The maximum Gasteiger partial charge on any atom is 0.253 e. The van der Waals surface area contributed by atoms with Gasteiger partial charge in [0, 0.05) is 0 Å². The van der Waals surface area contributed by atoms with Crippen LogP contribution in [-0.4, -0.2) is 17.3 Å². The zero-order chi connectivity index (χ0) is 7.28. The first-order valence-electron chi connectivity index (χ1n) is 2.12. The maximum atomic E-state index is 10.3. The average Bonchev–Trinajstić information content (AvgIpc) is 1.83. The first-order chi connectivity index (χ1) is 4.16. The van der Waals surface area contributed by atoms with E-state index in [0.717, 1.165) is 0 Å². The molecule has 1 unspecified atom stereocenters. The summed E-state index contributed by atoms with van der Waals surface area (Å²) in [6.45, 7) is 0. The van der Waals surface area contributed by atoms with Gasteiger partial charge in [0.25, 0.3) is 5.65 Å². The average molecular weight is 166 g/mol. The molecule has 2 N–H and O–H groups in total. The van der Waals surface area contributed by atoms with E-state index in [1.807, 2.05) is 9.24 Å². The number of hydrogen-bond acceptors (Lipinski definition) is 3. The van der Waals surface area contributed by atoms with Crippen LogP contribution in [0.1, 0.15) is 0 Å². The molecule has 0 spiro atoms. The molecule has 52 valence electrons. The van der Waals surface area contributed by atoms with E-state index in [-0.39, 0.29) is 17.3 Å². The van der Waals surface area contributed by atoms with Gasteiger partial charge < -0.3 is 0 Å². The van der Waals surface area contributed by atoms with Crippen LogP contribution in [0.15, 0.2) is 0 Å². The van der Waals surface area contributed by atoms with Gasteiger partial charge in [-0.3, -0.25) is 20.4 Å². The Kier molecular flexibility index (Phi) is 4.44. The molecule has 9 heavy (non-hydrogen) atoms. The van der Waals surface area contributed by atoms with Crippen molar-refractivity contribution in [1.82, 2.24) is 10.9 Å². The highest BCUT2D eigenvalue weighted by atomic mass is 32.1. The lowest BCUT2D eigenvalue weighted by Gasteiger charge is -2.00. The molecule has 0 aliphatic carbocycles. The molecule has 0 rings (SSSR count). The molecule has 1 atom stereocenters. The van der Waals surface area contributed by atoms with Crippen LogP contribution in [0.4, 0.5) is 4.79 Å². The van der Waals surface area contributed by atoms with Crippen molar-refractivity contribution in [3.05, 3.63) is 0 Å². The second-order valence-electron chi connectivity index (χ2n) is 1.20. The number of amides is 2. The Balaban J connectivity index is 3.28. The summed E-state index contributed by atoms with van der Waals surface area (Å²) >= 11 is 3.65. The molecule has 4 nitrogen and oxygen atoms in total. The minimum Gasteiger partial charge on any atom is -0.272 e. The molecule has 0 bridgehead atoms. The Morgan fingerprint density at radius 2 is 2.00 bits per heavy atom. The van der Waals surface area contributed by atoms with E-state index < -0.39 is 0 Å². The summed E-state index contributed by atoms with van der Waals surface area (Å²) in [6.07, 6.45) is 0. The fraction of sp³-hybridized carbons (Fsp3) is 0.333. The molecule has 0 aliphatic heterocycles. The van der Waals surface area contributed by atoms with Crippen LogP contribution in [0.3, 0.4) is 0 Å². The van der Waals surface area contributed by atoms with Crippen molar-refractivity contribution in [1.29, 1.82) is 0 Å². The van der Waals surface area contributed by atoms with Crippen molar-refractivity contribution in [3.63, 3.8) is 0 Å². The van der Waals surface area contributed by atoms with Gasteiger partial charge in [-0.25, -0.2) is 0 Å². The van der Waals surface area contributed by atoms with E-state index in [1.165, 1.54) is 0 Å². The Bertz CT molecular complexity index is 129. The van der Waals surface area contributed by atoms with E-state index in [1.54, 1.807) is 0 Å².